The number of hydrogen-bond donors (Lipinski definition) is 1. The monoisotopic (exact) mass is 480 g/mol. The van der Waals surface area contributed by atoms with Crippen LogP contribution in [0.25, 0.3) is 6.08 Å². The molecule has 9 heteroatoms. The summed E-state index contributed by atoms with van der Waals surface area (Å²) in [5.74, 6) is 0.645. The quantitative estimate of drug-likeness (QED) is 0.545. The van der Waals surface area contributed by atoms with Gasteiger partial charge in [-0.3, -0.25) is 9.36 Å². The lowest BCUT2D eigenvalue weighted by Gasteiger charge is -2.26. The maximum Gasteiger partial charge on any atom is 0.338 e. The lowest BCUT2D eigenvalue weighted by atomic mass is 9.95. The highest BCUT2D eigenvalue weighted by molar-refractivity contribution is 7.07. The van der Waals surface area contributed by atoms with E-state index in [1.807, 2.05) is 0 Å². The molecule has 34 heavy (non-hydrogen) atoms. The number of carbonyl (C=O) groups excluding carboxylic acids is 1. The molecule has 8 nitrogen and oxygen atoms in total. The Labute approximate surface area is 199 Å². The van der Waals surface area contributed by atoms with Gasteiger partial charge in [0.25, 0.3) is 5.56 Å². The zero-order valence-electron chi connectivity index (χ0n) is 19.2. The minimum Gasteiger partial charge on any atom is -0.508 e. The molecule has 2 aromatic carbocycles. The Kier molecular flexibility index (Phi) is 6.56. The molecular formula is C25H24N2O6S. The number of esters is 1. The van der Waals surface area contributed by atoms with Crippen LogP contribution in [0.2, 0.25) is 0 Å². The third-order valence-corrected chi connectivity index (χ3v) is 6.43. The number of carbonyl (C=O) groups is 1. The van der Waals surface area contributed by atoms with Crippen molar-refractivity contribution in [3.63, 3.8) is 0 Å². The first-order valence-corrected chi connectivity index (χ1v) is 11.4. The molecule has 0 spiro atoms. The molecule has 3 aromatic rings. The van der Waals surface area contributed by atoms with E-state index in [1.165, 1.54) is 23.0 Å². The number of allylic oxidation sites excluding steroid dienone is 1. The zero-order chi connectivity index (χ0) is 24.4. The van der Waals surface area contributed by atoms with Crippen LogP contribution in [0, 0.1) is 0 Å². The van der Waals surface area contributed by atoms with Crippen molar-refractivity contribution < 1.29 is 24.1 Å². The van der Waals surface area contributed by atoms with Gasteiger partial charge in [-0.1, -0.05) is 23.5 Å². The molecule has 0 saturated carbocycles. The van der Waals surface area contributed by atoms with E-state index in [0.29, 0.717) is 32.1 Å². The van der Waals surface area contributed by atoms with Gasteiger partial charge < -0.3 is 19.3 Å². The summed E-state index contributed by atoms with van der Waals surface area (Å²) >= 11 is 1.23. The Bertz CT molecular complexity index is 1450. The van der Waals surface area contributed by atoms with E-state index in [0.717, 1.165) is 5.56 Å². The molecule has 176 valence electrons. The minimum absolute atomic E-state index is 0.139. The number of fused-ring (bicyclic) bond motifs is 1. The van der Waals surface area contributed by atoms with Crippen LogP contribution >= 0.6 is 11.3 Å². The molecule has 1 aromatic heterocycles. The highest BCUT2D eigenvalue weighted by Gasteiger charge is 2.35. The van der Waals surface area contributed by atoms with E-state index in [9.17, 15) is 14.7 Å². The number of hydrogen-bond acceptors (Lipinski definition) is 8. The van der Waals surface area contributed by atoms with E-state index < -0.39 is 12.0 Å². The molecule has 1 unspecified atom stereocenters. The number of methoxy groups -OCH3 is 2. The molecule has 1 atom stereocenters. The maximum absolute atomic E-state index is 13.6. The third-order valence-electron chi connectivity index (χ3n) is 5.44. The summed E-state index contributed by atoms with van der Waals surface area (Å²) in [4.78, 5) is 31.7. The average molecular weight is 481 g/mol. The van der Waals surface area contributed by atoms with Crippen molar-refractivity contribution in [1.29, 1.82) is 0 Å². The number of aromatic hydroxyl groups is 1. The van der Waals surface area contributed by atoms with Crippen molar-refractivity contribution in [2.24, 2.45) is 4.99 Å². The standard InChI is InChI=1S/C25H24N2O6S/c1-5-33-24(30)21-14(2)26-25-27(22(21)18-11-10-17(31-3)13-19(18)32-4)23(29)20(34-25)12-15-6-8-16(28)9-7-15/h6-13,22,28H,5H2,1-4H3/b20-12-. The van der Waals surface area contributed by atoms with E-state index in [-0.39, 0.29) is 23.5 Å². The van der Waals surface area contributed by atoms with Gasteiger partial charge in [0.15, 0.2) is 4.80 Å². The molecule has 1 aliphatic rings. The Morgan fingerprint density at radius 2 is 1.91 bits per heavy atom. The summed E-state index contributed by atoms with van der Waals surface area (Å²) in [6.45, 7) is 3.64. The molecule has 0 bridgehead atoms. The highest BCUT2D eigenvalue weighted by Crippen LogP contribution is 2.37. The van der Waals surface area contributed by atoms with Gasteiger partial charge in [0, 0.05) is 11.6 Å². The topological polar surface area (TPSA) is 99.4 Å². The SMILES string of the molecule is CCOC(=O)C1=C(C)N=c2s/c(=C\c3ccc(O)cc3)c(=O)n2C1c1ccc(OC)cc1OC. The van der Waals surface area contributed by atoms with Crippen molar-refractivity contribution in [1.82, 2.24) is 4.57 Å². The second-order valence-corrected chi connectivity index (χ2v) is 8.51. The Morgan fingerprint density at radius 1 is 1.18 bits per heavy atom. The Morgan fingerprint density at radius 3 is 2.56 bits per heavy atom. The number of phenolic OH excluding ortho intramolecular Hbond substituents is 1. The van der Waals surface area contributed by atoms with E-state index in [4.69, 9.17) is 14.2 Å². The maximum atomic E-state index is 13.6. The second kappa shape index (κ2) is 9.56. The summed E-state index contributed by atoms with van der Waals surface area (Å²) in [5.41, 5.74) is 1.81. The van der Waals surface area contributed by atoms with Crippen LogP contribution in [-0.4, -0.2) is 36.5 Å². The molecule has 0 saturated heterocycles. The van der Waals surface area contributed by atoms with E-state index in [1.54, 1.807) is 69.5 Å². The minimum atomic E-state index is -0.793. The van der Waals surface area contributed by atoms with Gasteiger partial charge in [-0.25, -0.2) is 9.79 Å². The fourth-order valence-electron chi connectivity index (χ4n) is 3.85. The van der Waals surface area contributed by atoms with Crippen LogP contribution < -0.4 is 24.4 Å². The predicted molar refractivity (Wildman–Crippen MR) is 128 cm³/mol. The third kappa shape index (κ3) is 4.22. The lowest BCUT2D eigenvalue weighted by molar-refractivity contribution is -0.139. The Balaban J connectivity index is 1.99. The summed E-state index contributed by atoms with van der Waals surface area (Å²) in [7, 11) is 3.07. The summed E-state index contributed by atoms with van der Waals surface area (Å²) in [5, 5.41) is 9.55. The van der Waals surface area contributed by atoms with Gasteiger partial charge in [0.1, 0.15) is 23.3 Å². The van der Waals surface area contributed by atoms with Gasteiger partial charge in [-0.2, -0.15) is 0 Å². The van der Waals surface area contributed by atoms with Crippen molar-refractivity contribution in [3.8, 4) is 17.2 Å². The molecule has 0 radical (unpaired) electrons. The number of ether oxygens (including phenoxy) is 3. The Hall–Kier alpha value is -3.85. The van der Waals surface area contributed by atoms with Crippen molar-refractivity contribution in [2.45, 2.75) is 19.9 Å². The van der Waals surface area contributed by atoms with Crippen LogP contribution in [0.5, 0.6) is 17.2 Å². The fraction of sp³-hybridized carbons (Fsp3) is 0.240. The summed E-state index contributed by atoms with van der Waals surface area (Å²) in [6, 6.07) is 11.0. The van der Waals surface area contributed by atoms with Crippen molar-refractivity contribution >= 4 is 23.4 Å². The van der Waals surface area contributed by atoms with Crippen molar-refractivity contribution in [2.75, 3.05) is 20.8 Å². The molecular weight excluding hydrogens is 456 g/mol. The fourth-order valence-corrected chi connectivity index (χ4v) is 4.90. The number of aromatic nitrogens is 1. The molecule has 0 amide bonds. The average Bonchev–Trinajstić information content (AvgIpc) is 3.13. The molecule has 0 aliphatic carbocycles. The van der Waals surface area contributed by atoms with Crippen LogP contribution in [0.1, 0.15) is 31.0 Å². The van der Waals surface area contributed by atoms with E-state index >= 15 is 0 Å². The van der Waals surface area contributed by atoms with Crippen LogP contribution in [-0.2, 0) is 9.53 Å². The lowest BCUT2D eigenvalue weighted by Crippen LogP contribution is -2.40. The molecule has 0 fully saturated rings. The number of benzene rings is 2. The second-order valence-electron chi connectivity index (χ2n) is 7.50. The first-order chi connectivity index (χ1) is 16.4. The first-order valence-electron chi connectivity index (χ1n) is 10.6. The van der Waals surface area contributed by atoms with Gasteiger partial charge in [0.2, 0.25) is 0 Å². The summed E-state index contributed by atoms with van der Waals surface area (Å²) < 4.78 is 18.2. The van der Waals surface area contributed by atoms with Crippen molar-refractivity contribution in [3.05, 3.63) is 84.5 Å². The molecule has 4 rings (SSSR count). The van der Waals surface area contributed by atoms with Gasteiger partial charge >= 0.3 is 5.97 Å². The number of phenols is 1. The number of nitrogens with zero attached hydrogens (tertiary/aromatic N) is 2. The van der Waals surface area contributed by atoms with Gasteiger partial charge in [-0.15, -0.1) is 0 Å². The highest BCUT2D eigenvalue weighted by atomic mass is 32.1. The van der Waals surface area contributed by atoms with Crippen LogP contribution in [0.4, 0.5) is 0 Å². The van der Waals surface area contributed by atoms with Gasteiger partial charge in [-0.05, 0) is 49.8 Å². The largest absolute Gasteiger partial charge is 0.508 e. The van der Waals surface area contributed by atoms with Crippen LogP contribution in [0.3, 0.4) is 0 Å². The molecule has 2 heterocycles. The molecule has 1 N–H and O–H groups in total. The van der Waals surface area contributed by atoms with Crippen LogP contribution in [0.15, 0.2) is 63.5 Å². The normalized spacial score (nSPS) is 15.5. The first kappa shape index (κ1) is 23.3. The predicted octanol–water partition coefficient (Wildman–Crippen LogP) is 2.52. The summed E-state index contributed by atoms with van der Waals surface area (Å²) in [6.07, 6.45) is 1.73. The number of thiazole rings is 1. The number of rotatable bonds is 6. The van der Waals surface area contributed by atoms with Gasteiger partial charge in [0.05, 0.1) is 36.6 Å². The molecule has 1 aliphatic heterocycles. The smallest absolute Gasteiger partial charge is 0.338 e. The zero-order valence-corrected chi connectivity index (χ0v) is 20.0. The van der Waals surface area contributed by atoms with E-state index in [2.05, 4.69) is 4.99 Å².